The van der Waals surface area contributed by atoms with Crippen LogP contribution in [-0.4, -0.2) is 5.91 Å². The second-order valence-electron chi connectivity index (χ2n) is 7.56. The van der Waals surface area contributed by atoms with E-state index in [0.29, 0.717) is 5.57 Å². The molecule has 1 N–H and O–H groups in total. The highest BCUT2D eigenvalue weighted by Crippen LogP contribution is 2.25. The van der Waals surface area contributed by atoms with Crippen LogP contribution in [-0.2, 0) is 4.79 Å². The van der Waals surface area contributed by atoms with Gasteiger partial charge in [0.05, 0.1) is 6.04 Å². The summed E-state index contributed by atoms with van der Waals surface area (Å²) in [4.78, 5) is 13.6. The molecular weight excluding hydrogens is 378 g/mol. The van der Waals surface area contributed by atoms with E-state index in [9.17, 15) is 4.79 Å². The second-order valence-corrected chi connectivity index (χ2v) is 7.56. The minimum Gasteiger partial charge on any atom is -0.341 e. The molecule has 152 valence electrons. The number of hydrogen-bond acceptors (Lipinski definition) is 1. The van der Waals surface area contributed by atoms with Crippen LogP contribution in [0.4, 0.5) is 0 Å². The van der Waals surface area contributed by atoms with E-state index in [2.05, 4.69) is 36.5 Å². The number of nitrogens with one attached hydrogen (secondary N) is 1. The predicted octanol–water partition coefficient (Wildman–Crippen LogP) is 6.44. The van der Waals surface area contributed by atoms with Crippen LogP contribution in [0.2, 0.25) is 0 Å². The van der Waals surface area contributed by atoms with Gasteiger partial charge in [0, 0.05) is 5.57 Å². The largest absolute Gasteiger partial charge is 0.341 e. The average Bonchev–Trinajstić information content (AvgIpc) is 2.83. The zero-order valence-electron chi connectivity index (χ0n) is 17.5. The molecule has 0 saturated heterocycles. The lowest BCUT2D eigenvalue weighted by molar-refractivity contribution is -0.116. The topological polar surface area (TPSA) is 29.1 Å². The van der Waals surface area contributed by atoms with Crippen LogP contribution in [0.25, 0.3) is 11.6 Å². The van der Waals surface area contributed by atoms with Crippen molar-refractivity contribution in [2.24, 2.45) is 0 Å². The lowest BCUT2D eigenvalue weighted by Gasteiger charge is -2.21. The van der Waals surface area contributed by atoms with Crippen LogP contribution in [0.1, 0.15) is 33.9 Å². The molecule has 0 aliphatic rings. The van der Waals surface area contributed by atoms with Crippen molar-refractivity contribution in [1.82, 2.24) is 5.32 Å². The zero-order valence-corrected chi connectivity index (χ0v) is 17.5. The number of carbonyl (C=O) groups excluding carboxylic acids is 1. The van der Waals surface area contributed by atoms with Crippen molar-refractivity contribution < 1.29 is 4.79 Å². The quantitative estimate of drug-likeness (QED) is 0.291. The first-order chi connectivity index (χ1) is 15.2. The maximum absolute atomic E-state index is 13.6. The van der Waals surface area contributed by atoms with Crippen molar-refractivity contribution in [2.45, 2.75) is 13.0 Å². The molecule has 0 radical (unpaired) electrons. The molecule has 0 aromatic heterocycles. The molecule has 0 fully saturated rings. The Balaban J connectivity index is 1.73. The van der Waals surface area contributed by atoms with Gasteiger partial charge in [-0.25, -0.2) is 0 Å². The van der Waals surface area contributed by atoms with Crippen LogP contribution >= 0.6 is 0 Å². The van der Waals surface area contributed by atoms with Crippen molar-refractivity contribution in [2.75, 3.05) is 0 Å². The summed E-state index contributed by atoms with van der Waals surface area (Å²) in [7, 11) is 0. The summed E-state index contributed by atoms with van der Waals surface area (Å²) in [6.45, 7) is 2.07. The van der Waals surface area contributed by atoms with E-state index in [-0.39, 0.29) is 11.9 Å². The Labute approximate surface area is 183 Å². The van der Waals surface area contributed by atoms with Crippen molar-refractivity contribution in [3.8, 4) is 0 Å². The minimum atomic E-state index is -0.239. The van der Waals surface area contributed by atoms with E-state index in [0.717, 1.165) is 22.3 Å². The number of benzene rings is 4. The Morgan fingerprint density at radius 3 is 1.81 bits per heavy atom. The maximum atomic E-state index is 13.6. The third kappa shape index (κ3) is 5.18. The predicted molar refractivity (Wildman–Crippen MR) is 128 cm³/mol. The van der Waals surface area contributed by atoms with Crippen molar-refractivity contribution >= 4 is 17.6 Å². The van der Waals surface area contributed by atoms with Crippen LogP contribution in [0, 0.1) is 6.92 Å². The number of rotatable bonds is 6. The van der Waals surface area contributed by atoms with E-state index < -0.39 is 0 Å². The molecule has 4 aromatic carbocycles. The van der Waals surface area contributed by atoms with Crippen LogP contribution in [0.15, 0.2) is 115 Å². The monoisotopic (exact) mass is 403 g/mol. The Kier molecular flexibility index (Phi) is 6.39. The fourth-order valence-corrected chi connectivity index (χ4v) is 3.59. The molecule has 0 unspecified atom stereocenters. The molecule has 1 atom stereocenters. The number of amides is 1. The van der Waals surface area contributed by atoms with Gasteiger partial charge in [-0.15, -0.1) is 0 Å². The third-order valence-corrected chi connectivity index (χ3v) is 5.26. The Hall–Kier alpha value is -3.91. The lowest BCUT2D eigenvalue weighted by atomic mass is 9.96. The molecule has 0 aliphatic heterocycles. The molecule has 4 aromatic rings. The van der Waals surface area contributed by atoms with E-state index in [1.54, 1.807) is 0 Å². The molecule has 0 spiro atoms. The summed E-state index contributed by atoms with van der Waals surface area (Å²) in [5.41, 5.74) is 5.81. The van der Waals surface area contributed by atoms with Gasteiger partial charge in [0.25, 0.3) is 5.91 Å². The van der Waals surface area contributed by atoms with E-state index in [1.807, 2.05) is 97.1 Å². The van der Waals surface area contributed by atoms with E-state index in [1.165, 1.54) is 5.56 Å². The van der Waals surface area contributed by atoms with Gasteiger partial charge < -0.3 is 5.32 Å². The second kappa shape index (κ2) is 9.73. The van der Waals surface area contributed by atoms with Crippen LogP contribution in [0.5, 0.6) is 0 Å². The Morgan fingerprint density at radius 2 is 1.19 bits per heavy atom. The summed E-state index contributed by atoms with van der Waals surface area (Å²) < 4.78 is 0. The molecule has 2 heteroatoms. The fourth-order valence-electron chi connectivity index (χ4n) is 3.59. The van der Waals surface area contributed by atoms with Gasteiger partial charge in [0.2, 0.25) is 0 Å². The van der Waals surface area contributed by atoms with E-state index in [4.69, 9.17) is 0 Å². The first-order valence-electron chi connectivity index (χ1n) is 10.5. The highest BCUT2D eigenvalue weighted by molar-refractivity contribution is 6.24. The first kappa shape index (κ1) is 20.4. The summed E-state index contributed by atoms with van der Waals surface area (Å²) in [6, 6.07) is 37.9. The van der Waals surface area contributed by atoms with Crippen LogP contribution in [0.3, 0.4) is 0 Å². The number of aryl methyl sites for hydroxylation is 1. The van der Waals surface area contributed by atoms with Crippen molar-refractivity contribution in [1.29, 1.82) is 0 Å². The molecule has 0 saturated carbocycles. The number of carbonyl (C=O) groups is 1. The van der Waals surface area contributed by atoms with Gasteiger partial charge in [-0.05, 0) is 35.3 Å². The average molecular weight is 404 g/mol. The summed E-state index contributed by atoms with van der Waals surface area (Å²) in [6.07, 6.45) is 1.95. The molecule has 4 rings (SSSR count). The molecule has 0 heterocycles. The Bertz CT molecular complexity index is 1150. The van der Waals surface area contributed by atoms with E-state index >= 15 is 0 Å². The standard InChI is InChI=1S/C29H25NO/c1-22-17-19-26(20-18-22)28(25-15-9-4-10-16-25)30-29(31)27(24-13-7-3-8-14-24)21-23-11-5-2-6-12-23/h2-21,28H,1H3,(H,30,31)/b27-21+/t28-/m0/s1. The SMILES string of the molecule is Cc1ccc([C@@H](NC(=O)/C(=C/c2ccccc2)c2ccccc2)c2ccccc2)cc1. The van der Waals surface area contributed by atoms with Gasteiger partial charge in [-0.1, -0.05) is 121 Å². The van der Waals surface area contributed by atoms with Gasteiger partial charge in [-0.2, -0.15) is 0 Å². The third-order valence-electron chi connectivity index (χ3n) is 5.26. The molecule has 0 bridgehead atoms. The molecule has 1 amide bonds. The van der Waals surface area contributed by atoms with Crippen molar-refractivity contribution in [3.63, 3.8) is 0 Å². The highest BCUT2D eigenvalue weighted by atomic mass is 16.1. The van der Waals surface area contributed by atoms with Gasteiger partial charge in [0.15, 0.2) is 0 Å². The van der Waals surface area contributed by atoms with Gasteiger partial charge in [0.1, 0.15) is 0 Å². The maximum Gasteiger partial charge on any atom is 0.252 e. The zero-order chi connectivity index (χ0) is 21.5. The highest BCUT2D eigenvalue weighted by Gasteiger charge is 2.20. The van der Waals surface area contributed by atoms with Gasteiger partial charge >= 0.3 is 0 Å². The Morgan fingerprint density at radius 1 is 0.677 bits per heavy atom. The molecule has 0 aliphatic carbocycles. The van der Waals surface area contributed by atoms with Crippen molar-refractivity contribution in [3.05, 3.63) is 143 Å². The normalized spacial score (nSPS) is 12.2. The minimum absolute atomic E-state index is 0.107. The summed E-state index contributed by atoms with van der Waals surface area (Å²) >= 11 is 0. The van der Waals surface area contributed by atoms with Crippen LogP contribution < -0.4 is 5.32 Å². The lowest BCUT2D eigenvalue weighted by Crippen LogP contribution is -2.30. The molecular formula is C29H25NO. The first-order valence-corrected chi connectivity index (χ1v) is 10.5. The molecule has 2 nitrogen and oxygen atoms in total. The number of hydrogen-bond donors (Lipinski definition) is 1. The summed E-state index contributed by atoms with van der Waals surface area (Å²) in [5, 5.41) is 3.28. The smallest absolute Gasteiger partial charge is 0.252 e. The fraction of sp³-hybridized carbons (Fsp3) is 0.0690. The molecule has 31 heavy (non-hydrogen) atoms. The van der Waals surface area contributed by atoms with Gasteiger partial charge in [-0.3, -0.25) is 4.79 Å². The summed E-state index contributed by atoms with van der Waals surface area (Å²) in [5.74, 6) is -0.107.